The summed E-state index contributed by atoms with van der Waals surface area (Å²) in [5.41, 5.74) is 0. The summed E-state index contributed by atoms with van der Waals surface area (Å²) in [6.45, 7) is 7.31. The molecule has 0 atom stereocenters. The zero-order valence-corrected chi connectivity index (χ0v) is 10.7. The molecule has 0 aromatic rings. The summed E-state index contributed by atoms with van der Waals surface area (Å²) in [5.74, 6) is 0.831. The second-order valence-corrected chi connectivity index (χ2v) is 4.53. The Bertz CT molecular complexity index is 147. The second kappa shape index (κ2) is 10.1. The van der Waals surface area contributed by atoms with Crippen LogP contribution in [0.4, 0.5) is 0 Å². The molecule has 3 nitrogen and oxygen atoms in total. The van der Waals surface area contributed by atoms with Crippen molar-refractivity contribution in [2.24, 2.45) is 5.92 Å². The van der Waals surface area contributed by atoms with Crippen molar-refractivity contribution in [2.45, 2.75) is 39.0 Å². The number of rotatable bonds is 9. The molecule has 96 valence electrons. The predicted octanol–water partition coefficient (Wildman–Crippen LogP) is 2.21. The summed E-state index contributed by atoms with van der Waals surface area (Å²) in [6.07, 6.45) is 6.98. The molecule has 0 heterocycles. The van der Waals surface area contributed by atoms with Gasteiger partial charge < -0.3 is 14.8 Å². The lowest BCUT2D eigenvalue weighted by molar-refractivity contribution is 0.0848. The summed E-state index contributed by atoms with van der Waals surface area (Å²) < 4.78 is 10.9. The number of nitrogens with one attached hydrogen (secondary N) is 1. The normalized spacial score (nSPS) is 17.8. The van der Waals surface area contributed by atoms with Crippen LogP contribution in [0.25, 0.3) is 0 Å². The van der Waals surface area contributed by atoms with E-state index in [1.807, 2.05) is 6.92 Å². The van der Waals surface area contributed by atoms with E-state index in [4.69, 9.17) is 9.47 Å². The van der Waals surface area contributed by atoms with E-state index in [9.17, 15) is 0 Å². The lowest BCUT2D eigenvalue weighted by Crippen LogP contribution is -2.25. The molecule has 1 N–H and O–H groups in total. The average molecular weight is 229 g/mol. The first-order valence-corrected chi connectivity index (χ1v) is 6.79. The highest BCUT2D eigenvalue weighted by molar-refractivity contribution is 4.64. The Balaban J connectivity index is 1.77. The van der Waals surface area contributed by atoms with Gasteiger partial charge in [0.1, 0.15) is 0 Å². The topological polar surface area (TPSA) is 30.5 Å². The van der Waals surface area contributed by atoms with E-state index in [0.717, 1.165) is 45.4 Å². The Morgan fingerprint density at radius 2 is 1.69 bits per heavy atom. The highest BCUT2D eigenvalue weighted by Gasteiger charge is 2.12. The first kappa shape index (κ1) is 13.9. The molecular weight excluding hydrogens is 202 g/mol. The molecule has 0 aliphatic heterocycles. The summed E-state index contributed by atoms with van der Waals surface area (Å²) in [6, 6.07) is 0. The van der Waals surface area contributed by atoms with Crippen LogP contribution in [0.2, 0.25) is 0 Å². The predicted molar refractivity (Wildman–Crippen MR) is 66.8 cm³/mol. The Hall–Kier alpha value is -0.120. The number of ether oxygens (including phenoxy) is 2. The minimum absolute atomic E-state index is 0.805. The van der Waals surface area contributed by atoms with Gasteiger partial charge in [0.2, 0.25) is 0 Å². The fraction of sp³-hybridized carbons (Fsp3) is 1.00. The van der Waals surface area contributed by atoms with Crippen LogP contribution < -0.4 is 5.32 Å². The van der Waals surface area contributed by atoms with E-state index >= 15 is 0 Å². The molecule has 0 amide bonds. The van der Waals surface area contributed by atoms with Crippen LogP contribution in [-0.4, -0.2) is 39.5 Å². The van der Waals surface area contributed by atoms with Crippen LogP contribution in [0.15, 0.2) is 0 Å². The molecule has 1 rings (SSSR count). The summed E-state index contributed by atoms with van der Waals surface area (Å²) in [4.78, 5) is 0. The lowest BCUT2D eigenvalue weighted by Gasteiger charge is -2.21. The molecule has 1 aliphatic carbocycles. The molecule has 1 fully saturated rings. The average Bonchev–Trinajstić information content (AvgIpc) is 2.34. The number of hydrogen-bond acceptors (Lipinski definition) is 3. The molecule has 0 bridgehead atoms. The van der Waals surface area contributed by atoms with Crippen molar-refractivity contribution in [3.63, 3.8) is 0 Å². The van der Waals surface area contributed by atoms with Crippen molar-refractivity contribution >= 4 is 0 Å². The zero-order chi connectivity index (χ0) is 11.5. The molecule has 16 heavy (non-hydrogen) atoms. The molecule has 0 aromatic heterocycles. The van der Waals surface area contributed by atoms with E-state index < -0.39 is 0 Å². The van der Waals surface area contributed by atoms with Gasteiger partial charge in [-0.3, -0.25) is 0 Å². The Morgan fingerprint density at radius 1 is 1.00 bits per heavy atom. The maximum absolute atomic E-state index is 5.68. The molecule has 0 saturated heterocycles. The van der Waals surface area contributed by atoms with Gasteiger partial charge in [-0.15, -0.1) is 0 Å². The number of hydrogen-bond donors (Lipinski definition) is 1. The molecule has 0 spiro atoms. The van der Waals surface area contributed by atoms with Crippen molar-refractivity contribution in [3.8, 4) is 0 Å². The third-order valence-electron chi connectivity index (χ3n) is 3.13. The maximum atomic E-state index is 5.68. The Kier molecular flexibility index (Phi) is 8.77. The van der Waals surface area contributed by atoms with Crippen molar-refractivity contribution in [1.82, 2.24) is 5.32 Å². The highest BCUT2D eigenvalue weighted by atomic mass is 16.5. The third-order valence-corrected chi connectivity index (χ3v) is 3.13. The Labute approximate surface area is 99.9 Å². The fourth-order valence-corrected chi connectivity index (χ4v) is 2.16. The summed E-state index contributed by atoms with van der Waals surface area (Å²) in [5, 5.41) is 3.31. The van der Waals surface area contributed by atoms with Crippen LogP contribution in [-0.2, 0) is 9.47 Å². The van der Waals surface area contributed by atoms with E-state index in [2.05, 4.69) is 5.32 Å². The van der Waals surface area contributed by atoms with Gasteiger partial charge in [0.25, 0.3) is 0 Å². The van der Waals surface area contributed by atoms with Crippen LogP contribution in [0.5, 0.6) is 0 Å². The van der Waals surface area contributed by atoms with Crippen molar-refractivity contribution in [1.29, 1.82) is 0 Å². The summed E-state index contributed by atoms with van der Waals surface area (Å²) in [7, 11) is 0. The Morgan fingerprint density at radius 3 is 2.38 bits per heavy atom. The minimum Gasteiger partial charge on any atom is -0.380 e. The van der Waals surface area contributed by atoms with Gasteiger partial charge in [0.15, 0.2) is 0 Å². The fourth-order valence-electron chi connectivity index (χ4n) is 2.16. The van der Waals surface area contributed by atoms with E-state index in [1.165, 1.54) is 32.1 Å². The van der Waals surface area contributed by atoms with E-state index in [0.29, 0.717) is 0 Å². The minimum atomic E-state index is 0.805. The first-order chi connectivity index (χ1) is 7.93. The molecule has 3 heteroatoms. The molecule has 0 radical (unpaired) electrons. The third kappa shape index (κ3) is 7.20. The highest BCUT2D eigenvalue weighted by Crippen LogP contribution is 2.23. The van der Waals surface area contributed by atoms with Crippen LogP contribution in [0, 0.1) is 5.92 Å². The lowest BCUT2D eigenvalue weighted by atomic mass is 9.90. The first-order valence-electron chi connectivity index (χ1n) is 6.79. The second-order valence-electron chi connectivity index (χ2n) is 4.53. The SMILES string of the molecule is CCOCCNCCOCC1CCCCC1. The van der Waals surface area contributed by atoms with Gasteiger partial charge in [-0.1, -0.05) is 19.3 Å². The van der Waals surface area contributed by atoms with E-state index in [1.54, 1.807) is 0 Å². The van der Waals surface area contributed by atoms with Crippen LogP contribution in [0.1, 0.15) is 39.0 Å². The molecule has 1 aliphatic rings. The summed E-state index contributed by atoms with van der Waals surface area (Å²) >= 11 is 0. The molecular formula is C13H27NO2. The van der Waals surface area contributed by atoms with Gasteiger partial charge in [0.05, 0.1) is 13.2 Å². The van der Waals surface area contributed by atoms with Gasteiger partial charge in [0, 0.05) is 26.3 Å². The van der Waals surface area contributed by atoms with Gasteiger partial charge in [-0.25, -0.2) is 0 Å². The quantitative estimate of drug-likeness (QED) is 0.615. The van der Waals surface area contributed by atoms with Gasteiger partial charge in [-0.05, 0) is 25.7 Å². The zero-order valence-electron chi connectivity index (χ0n) is 10.7. The van der Waals surface area contributed by atoms with Gasteiger partial charge in [-0.2, -0.15) is 0 Å². The van der Waals surface area contributed by atoms with Crippen molar-refractivity contribution in [2.75, 3.05) is 39.5 Å². The molecule has 0 aromatic carbocycles. The van der Waals surface area contributed by atoms with Crippen molar-refractivity contribution < 1.29 is 9.47 Å². The van der Waals surface area contributed by atoms with E-state index in [-0.39, 0.29) is 0 Å². The largest absolute Gasteiger partial charge is 0.380 e. The van der Waals surface area contributed by atoms with Gasteiger partial charge >= 0.3 is 0 Å². The molecule has 1 saturated carbocycles. The monoisotopic (exact) mass is 229 g/mol. The maximum Gasteiger partial charge on any atom is 0.0591 e. The van der Waals surface area contributed by atoms with Crippen molar-refractivity contribution in [3.05, 3.63) is 0 Å². The smallest absolute Gasteiger partial charge is 0.0591 e. The van der Waals surface area contributed by atoms with Crippen LogP contribution >= 0.6 is 0 Å². The molecule has 0 unspecified atom stereocenters. The van der Waals surface area contributed by atoms with Crippen LogP contribution in [0.3, 0.4) is 0 Å². The standard InChI is InChI=1S/C13H27NO2/c1-2-15-10-8-14-9-11-16-12-13-6-4-3-5-7-13/h13-14H,2-12H2,1H3.